The Morgan fingerprint density at radius 1 is 1.38 bits per heavy atom. The Balaban J connectivity index is 2.08. The number of H-pyrrole nitrogens is 1. The van der Waals surface area contributed by atoms with Crippen molar-refractivity contribution in [1.29, 1.82) is 0 Å². The molecule has 1 aromatic carbocycles. The second-order valence-corrected chi connectivity index (χ2v) is 4.70. The van der Waals surface area contributed by atoms with Gasteiger partial charge in [-0.3, -0.25) is 0 Å². The Morgan fingerprint density at radius 2 is 2.19 bits per heavy atom. The molecular weight excluding hydrogens is 266 g/mol. The summed E-state index contributed by atoms with van der Waals surface area (Å²) in [5, 5.41) is 3.38. The number of aromatic amines is 1. The van der Waals surface area contributed by atoms with Crippen LogP contribution in [0.1, 0.15) is 17.0 Å². The summed E-state index contributed by atoms with van der Waals surface area (Å²) in [6.45, 7) is 4.86. The normalized spacial score (nSPS) is 10.4. The summed E-state index contributed by atoms with van der Waals surface area (Å²) in [7, 11) is 0. The summed E-state index contributed by atoms with van der Waals surface area (Å²) >= 11 is 3.45. The molecule has 2 rings (SSSR count). The minimum Gasteiger partial charge on any atom is -0.379 e. The van der Waals surface area contributed by atoms with Gasteiger partial charge in [-0.1, -0.05) is 15.9 Å². The third-order valence-corrected chi connectivity index (χ3v) is 3.06. The smallest absolute Gasteiger partial charge is 0.0925 e. The second kappa shape index (κ2) is 4.70. The molecule has 3 nitrogen and oxygen atoms in total. The third kappa shape index (κ3) is 2.44. The minimum absolute atomic E-state index is 0.748. The number of hydrogen-bond acceptors (Lipinski definition) is 2. The summed E-state index contributed by atoms with van der Waals surface area (Å²) in [5.74, 6) is 0. The molecule has 16 heavy (non-hydrogen) atoms. The predicted molar refractivity (Wildman–Crippen MR) is 69.5 cm³/mol. The molecule has 4 heteroatoms. The molecule has 1 aromatic heterocycles. The lowest BCUT2D eigenvalue weighted by Crippen LogP contribution is -2.02. The van der Waals surface area contributed by atoms with Gasteiger partial charge in [0.05, 0.1) is 18.6 Å². The first-order chi connectivity index (χ1) is 7.66. The van der Waals surface area contributed by atoms with Gasteiger partial charge in [0.25, 0.3) is 0 Å². The van der Waals surface area contributed by atoms with Crippen LogP contribution in [0.3, 0.4) is 0 Å². The number of rotatable bonds is 3. The SMILES string of the molecule is Cc1cc(Br)ccc1NCc1nc[nH]c1C. The Kier molecular flexibility index (Phi) is 3.29. The van der Waals surface area contributed by atoms with Gasteiger partial charge >= 0.3 is 0 Å². The van der Waals surface area contributed by atoms with Crippen LogP contribution in [0, 0.1) is 13.8 Å². The van der Waals surface area contributed by atoms with E-state index < -0.39 is 0 Å². The standard InChI is InChI=1S/C12H14BrN3/c1-8-5-10(13)3-4-11(8)14-6-12-9(2)15-7-16-12/h3-5,7,14H,6H2,1-2H3,(H,15,16). The van der Waals surface area contributed by atoms with E-state index in [-0.39, 0.29) is 0 Å². The van der Waals surface area contributed by atoms with Crippen LogP contribution in [0.25, 0.3) is 0 Å². The number of halogens is 1. The first kappa shape index (κ1) is 11.2. The van der Waals surface area contributed by atoms with Crippen LogP contribution < -0.4 is 5.32 Å². The molecular formula is C12H14BrN3. The lowest BCUT2D eigenvalue weighted by Gasteiger charge is -2.08. The molecule has 1 heterocycles. The van der Waals surface area contributed by atoms with E-state index in [0.717, 1.165) is 28.1 Å². The predicted octanol–water partition coefficient (Wildman–Crippen LogP) is 3.40. The van der Waals surface area contributed by atoms with Crippen molar-refractivity contribution in [1.82, 2.24) is 9.97 Å². The Morgan fingerprint density at radius 3 is 2.81 bits per heavy atom. The average Bonchev–Trinajstić information content (AvgIpc) is 2.63. The Labute approximate surface area is 103 Å². The molecule has 0 bridgehead atoms. The number of anilines is 1. The van der Waals surface area contributed by atoms with E-state index in [9.17, 15) is 0 Å². The highest BCUT2D eigenvalue weighted by Crippen LogP contribution is 2.20. The molecule has 0 aliphatic heterocycles. The van der Waals surface area contributed by atoms with Crippen molar-refractivity contribution >= 4 is 21.6 Å². The molecule has 0 spiro atoms. The molecule has 0 radical (unpaired) electrons. The number of hydrogen-bond donors (Lipinski definition) is 2. The number of nitrogens with one attached hydrogen (secondary N) is 2. The first-order valence-corrected chi connectivity index (χ1v) is 5.95. The number of benzene rings is 1. The van der Waals surface area contributed by atoms with Crippen LogP contribution in [0.15, 0.2) is 29.0 Å². The van der Waals surface area contributed by atoms with E-state index in [2.05, 4.69) is 50.3 Å². The van der Waals surface area contributed by atoms with Crippen molar-refractivity contribution in [3.05, 3.63) is 46.0 Å². The fourth-order valence-electron chi connectivity index (χ4n) is 1.57. The van der Waals surface area contributed by atoms with E-state index in [1.165, 1.54) is 5.56 Å². The van der Waals surface area contributed by atoms with Gasteiger partial charge in [-0.25, -0.2) is 4.98 Å². The number of imidazole rings is 1. The van der Waals surface area contributed by atoms with E-state index in [1.807, 2.05) is 13.0 Å². The summed E-state index contributed by atoms with van der Waals surface area (Å²) < 4.78 is 1.10. The van der Waals surface area contributed by atoms with Gasteiger partial charge in [-0.15, -0.1) is 0 Å². The largest absolute Gasteiger partial charge is 0.379 e. The number of nitrogens with zero attached hydrogens (tertiary/aromatic N) is 1. The average molecular weight is 280 g/mol. The van der Waals surface area contributed by atoms with Crippen LogP contribution in [-0.4, -0.2) is 9.97 Å². The van der Waals surface area contributed by atoms with Gasteiger partial charge in [0, 0.05) is 15.9 Å². The molecule has 84 valence electrons. The lowest BCUT2D eigenvalue weighted by atomic mass is 10.2. The van der Waals surface area contributed by atoms with Crippen LogP contribution in [0.5, 0.6) is 0 Å². The van der Waals surface area contributed by atoms with Crippen molar-refractivity contribution in [2.75, 3.05) is 5.32 Å². The van der Waals surface area contributed by atoms with Crippen molar-refractivity contribution in [3.63, 3.8) is 0 Å². The van der Waals surface area contributed by atoms with Crippen LogP contribution in [0.4, 0.5) is 5.69 Å². The molecule has 0 atom stereocenters. The van der Waals surface area contributed by atoms with E-state index in [4.69, 9.17) is 0 Å². The Hall–Kier alpha value is -1.29. The van der Waals surface area contributed by atoms with Crippen molar-refractivity contribution in [3.8, 4) is 0 Å². The Bertz CT molecular complexity index is 491. The van der Waals surface area contributed by atoms with Gasteiger partial charge in [-0.05, 0) is 37.6 Å². The maximum atomic E-state index is 4.25. The number of aryl methyl sites for hydroxylation is 2. The second-order valence-electron chi connectivity index (χ2n) is 3.79. The molecule has 0 aliphatic rings. The van der Waals surface area contributed by atoms with Gasteiger partial charge < -0.3 is 10.3 Å². The quantitative estimate of drug-likeness (QED) is 0.904. The van der Waals surface area contributed by atoms with Crippen LogP contribution in [-0.2, 0) is 6.54 Å². The topological polar surface area (TPSA) is 40.7 Å². The first-order valence-electron chi connectivity index (χ1n) is 5.15. The zero-order valence-corrected chi connectivity index (χ0v) is 10.9. The highest BCUT2D eigenvalue weighted by Gasteiger charge is 2.02. The fraction of sp³-hybridized carbons (Fsp3) is 0.250. The van der Waals surface area contributed by atoms with E-state index in [0.29, 0.717) is 0 Å². The molecule has 2 N–H and O–H groups in total. The summed E-state index contributed by atoms with van der Waals surface area (Å²) in [6, 6.07) is 6.20. The van der Waals surface area contributed by atoms with Crippen molar-refractivity contribution in [2.24, 2.45) is 0 Å². The van der Waals surface area contributed by atoms with E-state index in [1.54, 1.807) is 6.33 Å². The van der Waals surface area contributed by atoms with Crippen molar-refractivity contribution < 1.29 is 0 Å². The summed E-state index contributed by atoms with van der Waals surface area (Å²) in [5.41, 5.74) is 4.54. The van der Waals surface area contributed by atoms with Crippen LogP contribution in [0.2, 0.25) is 0 Å². The molecule has 0 aliphatic carbocycles. The summed E-state index contributed by atoms with van der Waals surface area (Å²) in [6.07, 6.45) is 1.72. The molecule has 0 amide bonds. The lowest BCUT2D eigenvalue weighted by molar-refractivity contribution is 1.05. The molecule has 0 fully saturated rings. The zero-order chi connectivity index (χ0) is 11.5. The molecule has 0 saturated carbocycles. The highest BCUT2D eigenvalue weighted by molar-refractivity contribution is 9.10. The maximum Gasteiger partial charge on any atom is 0.0925 e. The summed E-state index contributed by atoms with van der Waals surface area (Å²) in [4.78, 5) is 7.32. The highest BCUT2D eigenvalue weighted by atomic mass is 79.9. The van der Waals surface area contributed by atoms with Crippen molar-refractivity contribution in [2.45, 2.75) is 20.4 Å². The molecule has 2 aromatic rings. The van der Waals surface area contributed by atoms with Gasteiger partial charge in [0.2, 0.25) is 0 Å². The fourth-order valence-corrected chi connectivity index (χ4v) is 2.05. The van der Waals surface area contributed by atoms with Crippen LogP contribution >= 0.6 is 15.9 Å². The zero-order valence-electron chi connectivity index (χ0n) is 9.34. The van der Waals surface area contributed by atoms with E-state index >= 15 is 0 Å². The maximum absolute atomic E-state index is 4.25. The van der Waals surface area contributed by atoms with Gasteiger partial charge in [0.15, 0.2) is 0 Å². The molecule has 0 unspecified atom stereocenters. The van der Waals surface area contributed by atoms with Gasteiger partial charge in [0.1, 0.15) is 0 Å². The third-order valence-electron chi connectivity index (χ3n) is 2.57. The minimum atomic E-state index is 0.748. The number of aromatic nitrogens is 2. The monoisotopic (exact) mass is 279 g/mol. The molecule has 0 saturated heterocycles. The van der Waals surface area contributed by atoms with Gasteiger partial charge in [-0.2, -0.15) is 0 Å².